The van der Waals surface area contributed by atoms with Gasteiger partial charge < -0.3 is 15.4 Å². The minimum atomic E-state index is -0.238. The lowest BCUT2D eigenvalue weighted by Crippen LogP contribution is -2.31. The Kier molecular flexibility index (Phi) is 3.50. The largest absolute Gasteiger partial charge is 0.372 e. The van der Waals surface area contributed by atoms with Crippen molar-refractivity contribution in [1.29, 1.82) is 0 Å². The van der Waals surface area contributed by atoms with E-state index in [1.54, 1.807) is 6.07 Å². The van der Waals surface area contributed by atoms with Gasteiger partial charge in [-0.15, -0.1) is 0 Å². The SMILES string of the molecule is O=C(Nc1ccc2c(c1)COC2)N[C@@H]1C[C@H]1c1cccc(F)c1. The van der Waals surface area contributed by atoms with Crippen molar-refractivity contribution >= 4 is 11.7 Å². The molecule has 4 rings (SSSR count). The summed E-state index contributed by atoms with van der Waals surface area (Å²) >= 11 is 0. The highest BCUT2D eigenvalue weighted by Gasteiger charge is 2.39. The maximum atomic E-state index is 13.2. The van der Waals surface area contributed by atoms with Crippen molar-refractivity contribution in [3.63, 3.8) is 0 Å². The summed E-state index contributed by atoms with van der Waals surface area (Å²) < 4.78 is 18.6. The minimum Gasteiger partial charge on any atom is -0.372 e. The number of fused-ring (bicyclic) bond motifs is 1. The van der Waals surface area contributed by atoms with Crippen LogP contribution in [0.4, 0.5) is 14.9 Å². The normalized spacial score (nSPS) is 21.6. The van der Waals surface area contributed by atoms with Gasteiger partial charge in [-0.2, -0.15) is 0 Å². The van der Waals surface area contributed by atoms with Crippen molar-refractivity contribution in [1.82, 2.24) is 5.32 Å². The van der Waals surface area contributed by atoms with Crippen LogP contribution < -0.4 is 10.6 Å². The van der Waals surface area contributed by atoms with Gasteiger partial charge in [0, 0.05) is 17.6 Å². The number of ether oxygens (including phenoxy) is 1. The highest BCUT2D eigenvalue weighted by Crippen LogP contribution is 2.40. The molecule has 0 saturated heterocycles. The number of carbonyl (C=O) groups excluding carboxylic acids is 1. The Labute approximate surface area is 133 Å². The average Bonchev–Trinajstić information content (AvgIpc) is 3.13. The van der Waals surface area contributed by atoms with Crippen LogP contribution in [0.15, 0.2) is 42.5 Å². The molecule has 1 aliphatic heterocycles. The summed E-state index contributed by atoms with van der Waals surface area (Å²) in [6, 6.07) is 12.2. The summed E-state index contributed by atoms with van der Waals surface area (Å²) in [5, 5.41) is 5.78. The zero-order valence-electron chi connectivity index (χ0n) is 12.5. The molecule has 0 bridgehead atoms. The molecule has 4 nitrogen and oxygen atoms in total. The Morgan fingerprint density at radius 3 is 2.87 bits per heavy atom. The Balaban J connectivity index is 1.34. The topological polar surface area (TPSA) is 50.4 Å². The fraction of sp³-hybridized carbons (Fsp3) is 0.278. The lowest BCUT2D eigenvalue weighted by molar-refractivity contribution is 0.134. The van der Waals surface area contributed by atoms with Crippen LogP contribution in [-0.2, 0) is 18.0 Å². The van der Waals surface area contributed by atoms with E-state index in [1.807, 2.05) is 24.3 Å². The van der Waals surface area contributed by atoms with Crippen molar-refractivity contribution < 1.29 is 13.9 Å². The first kappa shape index (κ1) is 14.2. The van der Waals surface area contributed by atoms with E-state index in [4.69, 9.17) is 4.74 Å². The van der Waals surface area contributed by atoms with E-state index in [1.165, 1.54) is 17.7 Å². The zero-order valence-corrected chi connectivity index (χ0v) is 12.5. The smallest absolute Gasteiger partial charge is 0.319 e. The molecule has 0 radical (unpaired) electrons. The predicted molar refractivity (Wildman–Crippen MR) is 84.6 cm³/mol. The summed E-state index contributed by atoms with van der Waals surface area (Å²) in [5.74, 6) is -0.0390. The maximum Gasteiger partial charge on any atom is 0.319 e. The van der Waals surface area contributed by atoms with Crippen LogP contribution >= 0.6 is 0 Å². The average molecular weight is 312 g/mol. The molecule has 2 N–H and O–H groups in total. The highest BCUT2D eigenvalue weighted by molar-refractivity contribution is 5.90. The van der Waals surface area contributed by atoms with Crippen molar-refractivity contribution in [3.8, 4) is 0 Å². The lowest BCUT2D eigenvalue weighted by Gasteiger charge is -2.09. The Bertz CT molecular complexity index is 762. The second-order valence-electron chi connectivity index (χ2n) is 6.08. The number of nitrogens with one attached hydrogen (secondary N) is 2. The fourth-order valence-electron chi connectivity index (χ4n) is 3.05. The number of amides is 2. The molecule has 2 amide bonds. The van der Waals surface area contributed by atoms with E-state index in [0.717, 1.165) is 23.2 Å². The number of halogens is 1. The van der Waals surface area contributed by atoms with E-state index in [0.29, 0.717) is 13.2 Å². The number of anilines is 1. The molecule has 0 spiro atoms. The Morgan fingerprint density at radius 1 is 1.13 bits per heavy atom. The molecule has 1 fully saturated rings. The van der Waals surface area contributed by atoms with Crippen molar-refractivity contribution in [3.05, 3.63) is 65.0 Å². The van der Waals surface area contributed by atoms with Gasteiger partial charge in [0.15, 0.2) is 0 Å². The summed E-state index contributed by atoms with van der Waals surface area (Å²) in [6.07, 6.45) is 0.842. The molecule has 2 aromatic rings. The molecule has 0 aromatic heterocycles. The second-order valence-corrected chi connectivity index (χ2v) is 6.08. The van der Waals surface area contributed by atoms with E-state index >= 15 is 0 Å². The number of carbonyl (C=O) groups is 1. The lowest BCUT2D eigenvalue weighted by atomic mass is 10.1. The molecular formula is C18H17FN2O2. The monoisotopic (exact) mass is 312 g/mol. The van der Waals surface area contributed by atoms with Crippen LogP contribution in [0.5, 0.6) is 0 Å². The van der Waals surface area contributed by atoms with Gasteiger partial charge in [-0.05, 0) is 47.4 Å². The van der Waals surface area contributed by atoms with Crippen LogP contribution in [0.3, 0.4) is 0 Å². The molecular weight excluding hydrogens is 295 g/mol. The third kappa shape index (κ3) is 3.05. The molecule has 1 saturated carbocycles. The van der Waals surface area contributed by atoms with Gasteiger partial charge in [0.1, 0.15) is 5.82 Å². The quantitative estimate of drug-likeness (QED) is 0.911. The second kappa shape index (κ2) is 5.66. The van der Waals surface area contributed by atoms with Gasteiger partial charge in [0.2, 0.25) is 0 Å². The van der Waals surface area contributed by atoms with Gasteiger partial charge in [0.25, 0.3) is 0 Å². The maximum absolute atomic E-state index is 13.2. The van der Waals surface area contributed by atoms with Crippen LogP contribution in [0.25, 0.3) is 0 Å². The van der Waals surface area contributed by atoms with Gasteiger partial charge >= 0.3 is 6.03 Å². The number of hydrogen-bond donors (Lipinski definition) is 2. The van der Waals surface area contributed by atoms with Crippen LogP contribution in [0.1, 0.15) is 29.0 Å². The summed E-state index contributed by atoms with van der Waals surface area (Å²) in [7, 11) is 0. The molecule has 2 atom stereocenters. The van der Waals surface area contributed by atoms with Gasteiger partial charge in [0.05, 0.1) is 13.2 Å². The molecule has 0 unspecified atom stereocenters. The Morgan fingerprint density at radius 2 is 2.00 bits per heavy atom. The molecule has 1 heterocycles. The van der Waals surface area contributed by atoms with E-state index < -0.39 is 0 Å². The van der Waals surface area contributed by atoms with Gasteiger partial charge in [-0.25, -0.2) is 9.18 Å². The number of benzene rings is 2. The first-order valence-corrected chi connectivity index (χ1v) is 7.71. The standard InChI is InChI=1S/C18H17FN2O2/c19-14-3-1-2-11(6-14)16-8-17(16)21-18(22)20-15-5-4-12-9-23-10-13(12)7-15/h1-7,16-17H,8-10H2,(H2,20,21,22)/t16-,17+/m0/s1. The Hall–Kier alpha value is -2.40. The van der Waals surface area contributed by atoms with Crippen LogP contribution in [0.2, 0.25) is 0 Å². The van der Waals surface area contributed by atoms with Crippen LogP contribution in [-0.4, -0.2) is 12.1 Å². The first-order valence-electron chi connectivity index (χ1n) is 7.71. The van der Waals surface area contributed by atoms with Crippen LogP contribution in [0, 0.1) is 5.82 Å². The van der Waals surface area contributed by atoms with Crippen molar-refractivity contribution in [2.45, 2.75) is 31.6 Å². The first-order chi connectivity index (χ1) is 11.2. The molecule has 2 aromatic carbocycles. The predicted octanol–water partition coefficient (Wildman–Crippen LogP) is 3.53. The molecule has 2 aliphatic rings. The fourth-order valence-corrected chi connectivity index (χ4v) is 3.05. The zero-order chi connectivity index (χ0) is 15.8. The molecule has 23 heavy (non-hydrogen) atoms. The molecule has 118 valence electrons. The third-order valence-corrected chi connectivity index (χ3v) is 4.36. The number of urea groups is 1. The van der Waals surface area contributed by atoms with E-state index in [9.17, 15) is 9.18 Å². The highest BCUT2D eigenvalue weighted by atomic mass is 19.1. The minimum absolute atomic E-state index is 0.0644. The number of rotatable bonds is 3. The van der Waals surface area contributed by atoms with E-state index in [-0.39, 0.29) is 23.8 Å². The van der Waals surface area contributed by atoms with E-state index in [2.05, 4.69) is 10.6 Å². The summed E-state index contributed by atoms with van der Waals surface area (Å²) in [4.78, 5) is 12.1. The van der Waals surface area contributed by atoms with Gasteiger partial charge in [-0.1, -0.05) is 18.2 Å². The number of hydrogen-bond acceptors (Lipinski definition) is 2. The molecule has 1 aliphatic carbocycles. The molecule has 5 heteroatoms. The van der Waals surface area contributed by atoms with Gasteiger partial charge in [-0.3, -0.25) is 0 Å². The summed E-state index contributed by atoms with van der Waals surface area (Å²) in [6.45, 7) is 1.23. The van der Waals surface area contributed by atoms with Crippen molar-refractivity contribution in [2.75, 3.05) is 5.32 Å². The third-order valence-electron chi connectivity index (χ3n) is 4.36. The summed E-state index contributed by atoms with van der Waals surface area (Å²) in [5.41, 5.74) is 3.98. The van der Waals surface area contributed by atoms with Crippen molar-refractivity contribution in [2.24, 2.45) is 0 Å².